The molecule has 0 spiro atoms. The van der Waals surface area contributed by atoms with E-state index >= 15 is 0 Å². The van der Waals surface area contributed by atoms with Crippen LogP contribution in [0.4, 0.5) is 5.82 Å². The Morgan fingerprint density at radius 3 is 2.57 bits per heavy atom. The van der Waals surface area contributed by atoms with E-state index in [-0.39, 0.29) is 0 Å². The van der Waals surface area contributed by atoms with Crippen molar-refractivity contribution in [3.05, 3.63) is 47.9 Å². The molecule has 1 aromatic carbocycles. The number of piperidine rings is 1. The highest BCUT2D eigenvalue weighted by atomic mass is 15.3. The summed E-state index contributed by atoms with van der Waals surface area (Å²) in [5.74, 6) is 1.03. The summed E-state index contributed by atoms with van der Waals surface area (Å²) in [5.41, 5.74) is 3.42. The smallest absolute Gasteiger partial charge is 0.163 e. The Kier molecular flexibility index (Phi) is 3.69. The Labute approximate surface area is 136 Å². The molecular formula is C18H21N5. The van der Waals surface area contributed by atoms with Gasteiger partial charge in [-0.15, -0.1) is 0 Å². The minimum Gasteiger partial charge on any atom is -0.356 e. The monoisotopic (exact) mass is 307 g/mol. The fraction of sp³-hybridized carbons (Fsp3) is 0.389. The first kappa shape index (κ1) is 14.2. The van der Waals surface area contributed by atoms with Crippen molar-refractivity contribution >= 4 is 16.9 Å². The van der Waals surface area contributed by atoms with Gasteiger partial charge in [0.2, 0.25) is 0 Å². The lowest BCUT2D eigenvalue weighted by atomic mass is 10.1. The lowest BCUT2D eigenvalue weighted by molar-refractivity contribution is 0.574. The van der Waals surface area contributed by atoms with Crippen LogP contribution in [0.2, 0.25) is 0 Å². The quantitative estimate of drug-likeness (QED) is 0.745. The van der Waals surface area contributed by atoms with Crippen LogP contribution < -0.4 is 4.90 Å². The molecule has 0 N–H and O–H groups in total. The highest BCUT2D eigenvalue weighted by Crippen LogP contribution is 2.25. The topological polar surface area (TPSA) is 46.8 Å². The van der Waals surface area contributed by atoms with Gasteiger partial charge in [-0.05, 0) is 31.7 Å². The Hall–Kier alpha value is -2.43. The van der Waals surface area contributed by atoms with E-state index < -0.39 is 0 Å². The molecule has 23 heavy (non-hydrogen) atoms. The van der Waals surface area contributed by atoms with Gasteiger partial charge in [-0.2, -0.15) is 5.10 Å². The second kappa shape index (κ2) is 5.99. The van der Waals surface area contributed by atoms with Crippen LogP contribution >= 0.6 is 0 Å². The number of aromatic nitrogens is 4. The molecule has 4 rings (SSSR count). The molecule has 1 fully saturated rings. The van der Waals surface area contributed by atoms with E-state index in [0.717, 1.165) is 36.5 Å². The summed E-state index contributed by atoms with van der Waals surface area (Å²) in [5, 5.41) is 5.61. The largest absolute Gasteiger partial charge is 0.356 e. The zero-order valence-corrected chi connectivity index (χ0v) is 13.4. The lowest BCUT2D eigenvalue weighted by Crippen LogP contribution is -2.30. The fourth-order valence-electron chi connectivity index (χ4n) is 3.22. The van der Waals surface area contributed by atoms with Crippen LogP contribution in [-0.4, -0.2) is 32.8 Å². The maximum atomic E-state index is 4.56. The van der Waals surface area contributed by atoms with Crippen LogP contribution in [0.25, 0.3) is 11.0 Å². The molecule has 1 aliphatic heterocycles. The number of rotatable bonds is 3. The minimum absolute atomic E-state index is 0.736. The summed E-state index contributed by atoms with van der Waals surface area (Å²) < 4.78 is 1.97. The highest BCUT2D eigenvalue weighted by molar-refractivity contribution is 5.86. The number of hydrogen-bond acceptors (Lipinski definition) is 4. The summed E-state index contributed by atoms with van der Waals surface area (Å²) in [4.78, 5) is 11.4. The highest BCUT2D eigenvalue weighted by Gasteiger charge is 2.17. The normalized spacial score (nSPS) is 15.3. The first-order chi connectivity index (χ1) is 11.3. The van der Waals surface area contributed by atoms with Gasteiger partial charge < -0.3 is 4.90 Å². The number of nitrogens with zero attached hydrogens (tertiary/aromatic N) is 5. The molecular weight excluding hydrogens is 286 g/mol. The van der Waals surface area contributed by atoms with E-state index in [4.69, 9.17) is 0 Å². The molecule has 5 heteroatoms. The van der Waals surface area contributed by atoms with Crippen molar-refractivity contribution in [1.82, 2.24) is 19.7 Å². The standard InChI is InChI=1S/C18H21N5/c1-14-5-7-15(8-6-14)12-23-18-16(11-21-23)17(19-13-20-18)22-9-3-2-4-10-22/h5-8,11,13H,2-4,9-10,12H2,1H3. The maximum Gasteiger partial charge on any atom is 0.163 e. The molecule has 0 amide bonds. The Balaban J connectivity index is 1.68. The predicted octanol–water partition coefficient (Wildman–Crippen LogP) is 3.17. The Morgan fingerprint density at radius 2 is 1.78 bits per heavy atom. The summed E-state index contributed by atoms with van der Waals surface area (Å²) in [6.45, 7) is 5.00. The molecule has 3 heterocycles. The van der Waals surface area contributed by atoms with Gasteiger partial charge >= 0.3 is 0 Å². The Bertz CT molecular complexity index is 800. The molecule has 5 nitrogen and oxygen atoms in total. The zero-order valence-electron chi connectivity index (χ0n) is 13.4. The van der Waals surface area contributed by atoms with Gasteiger partial charge in [-0.25, -0.2) is 14.6 Å². The van der Waals surface area contributed by atoms with Crippen molar-refractivity contribution in [2.75, 3.05) is 18.0 Å². The average molecular weight is 307 g/mol. The molecule has 1 aliphatic rings. The minimum atomic E-state index is 0.736. The van der Waals surface area contributed by atoms with Gasteiger partial charge in [0.1, 0.15) is 12.1 Å². The van der Waals surface area contributed by atoms with E-state index in [1.165, 1.54) is 30.4 Å². The van der Waals surface area contributed by atoms with Gasteiger partial charge in [-0.3, -0.25) is 0 Å². The first-order valence-corrected chi connectivity index (χ1v) is 8.28. The van der Waals surface area contributed by atoms with Crippen LogP contribution in [0.1, 0.15) is 30.4 Å². The molecule has 0 radical (unpaired) electrons. The number of anilines is 1. The molecule has 0 bridgehead atoms. The summed E-state index contributed by atoms with van der Waals surface area (Å²) in [6.07, 6.45) is 7.37. The van der Waals surface area contributed by atoms with Crippen molar-refractivity contribution in [3.8, 4) is 0 Å². The van der Waals surface area contributed by atoms with Gasteiger partial charge in [0.25, 0.3) is 0 Å². The molecule has 1 saturated heterocycles. The van der Waals surface area contributed by atoms with E-state index in [9.17, 15) is 0 Å². The third-order valence-electron chi connectivity index (χ3n) is 4.52. The zero-order chi connectivity index (χ0) is 15.6. The molecule has 3 aromatic rings. The van der Waals surface area contributed by atoms with E-state index in [1.807, 2.05) is 10.9 Å². The molecule has 0 atom stereocenters. The Morgan fingerprint density at radius 1 is 1.00 bits per heavy atom. The van der Waals surface area contributed by atoms with E-state index in [2.05, 4.69) is 51.2 Å². The number of benzene rings is 1. The number of hydrogen-bond donors (Lipinski definition) is 0. The van der Waals surface area contributed by atoms with Gasteiger partial charge in [-0.1, -0.05) is 29.8 Å². The third kappa shape index (κ3) is 2.79. The van der Waals surface area contributed by atoms with Crippen LogP contribution in [0.15, 0.2) is 36.8 Å². The van der Waals surface area contributed by atoms with Gasteiger partial charge in [0, 0.05) is 13.1 Å². The van der Waals surface area contributed by atoms with Crippen LogP contribution in [0.3, 0.4) is 0 Å². The average Bonchev–Trinajstić information content (AvgIpc) is 3.01. The lowest BCUT2D eigenvalue weighted by Gasteiger charge is -2.27. The van der Waals surface area contributed by atoms with E-state index in [0.29, 0.717) is 0 Å². The summed E-state index contributed by atoms with van der Waals surface area (Å²) >= 11 is 0. The second-order valence-corrected chi connectivity index (χ2v) is 6.27. The molecule has 2 aromatic heterocycles. The number of aryl methyl sites for hydroxylation is 1. The molecule has 118 valence electrons. The molecule has 0 saturated carbocycles. The van der Waals surface area contributed by atoms with Gasteiger partial charge in [0.15, 0.2) is 5.65 Å². The van der Waals surface area contributed by atoms with Gasteiger partial charge in [0.05, 0.1) is 18.1 Å². The van der Waals surface area contributed by atoms with Crippen molar-refractivity contribution in [2.45, 2.75) is 32.7 Å². The summed E-state index contributed by atoms with van der Waals surface area (Å²) in [7, 11) is 0. The second-order valence-electron chi connectivity index (χ2n) is 6.27. The van der Waals surface area contributed by atoms with Crippen molar-refractivity contribution in [1.29, 1.82) is 0 Å². The van der Waals surface area contributed by atoms with Crippen LogP contribution in [0, 0.1) is 6.92 Å². The molecule has 0 unspecified atom stereocenters. The maximum absolute atomic E-state index is 4.56. The summed E-state index contributed by atoms with van der Waals surface area (Å²) in [6, 6.07) is 8.56. The van der Waals surface area contributed by atoms with Crippen LogP contribution in [0.5, 0.6) is 0 Å². The van der Waals surface area contributed by atoms with E-state index in [1.54, 1.807) is 6.33 Å². The third-order valence-corrected chi connectivity index (χ3v) is 4.52. The predicted molar refractivity (Wildman–Crippen MR) is 91.7 cm³/mol. The van der Waals surface area contributed by atoms with Crippen molar-refractivity contribution < 1.29 is 0 Å². The fourth-order valence-corrected chi connectivity index (χ4v) is 3.22. The number of fused-ring (bicyclic) bond motifs is 1. The first-order valence-electron chi connectivity index (χ1n) is 8.28. The SMILES string of the molecule is Cc1ccc(Cn2ncc3c(N4CCCCC4)ncnc32)cc1. The van der Waals surface area contributed by atoms with Crippen LogP contribution in [-0.2, 0) is 6.54 Å². The molecule has 0 aliphatic carbocycles. The van der Waals surface area contributed by atoms with Crippen molar-refractivity contribution in [3.63, 3.8) is 0 Å². The van der Waals surface area contributed by atoms with Crippen molar-refractivity contribution in [2.24, 2.45) is 0 Å².